The van der Waals surface area contributed by atoms with E-state index in [-0.39, 0.29) is 13.2 Å². The topological polar surface area (TPSA) is 18.5 Å². The lowest BCUT2D eigenvalue weighted by Gasteiger charge is -2.35. The van der Waals surface area contributed by atoms with E-state index in [0.29, 0.717) is 0 Å². The molecule has 0 fully saturated rings. The first-order valence-electron chi connectivity index (χ1n) is 6.91. The molecule has 0 aromatic heterocycles. The van der Waals surface area contributed by atoms with E-state index in [2.05, 4.69) is 30.3 Å². The van der Waals surface area contributed by atoms with Gasteiger partial charge in [-0.2, -0.15) is 0 Å². The van der Waals surface area contributed by atoms with Crippen LogP contribution in [0.25, 0.3) is 0 Å². The summed E-state index contributed by atoms with van der Waals surface area (Å²) in [4.78, 5) is 0. The monoisotopic (exact) mass is 250 g/mol. The second-order valence-corrected chi connectivity index (χ2v) is 5.21. The SMILES string of the molecule is c1ccc(B2Oc3cccc4c3C(CCC4)O2)cc1. The predicted molar refractivity (Wildman–Crippen MR) is 75.7 cm³/mol. The minimum atomic E-state index is -0.271. The Balaban J connectivity index is 1.75. The number of hydrogen-bond acceptors (Lipinski definition) is 2. The maximum atomic E-state index is 6.16. The molecule has 0 saturated carbocycles. The highest BCUT2D eigenvalue weighted by molar-refractivity contribution is 6.62. The summed E-state index contributed by atoms with van der Waals surface area (Å²) in [5, 5.41) is 0. The van der Waals surface area contributed by atoms with E-state index in [1.54, 1.807) is 0 Å². The lowest BCUT2D eigenvalue weighted by Crippen LogP contribution is -2.44. The first-order valence-corrected chi connectivity index (χ1v) is 6.91. The standard InChI is InChI=1S/C16H15BO2/c1-2-8-13(9-3-1)17-18-14-10-4-6-12-7-5-11-15(19-17)16(12)14/h1-4,6,8-10,15H,5,7,11H2. The molecule has 0 radical (unpaired) electrons. The molecule has 0 saturated heterocycles. The maximum Gasteiger partial charge on any atom is 0.563 e. The van der Waals surface area contributed by atoms with Crippen LogP contribution in [0.1, 0.15) is 30.1 Å². The maximum absolute atomic E-state index is 6.16. The van der Waals surface area contributed by atoms with Gasteiger partial charge >= 0.3 is 7.12 Å². The molecule has 1 atom stereocenters. The zero-order chi connectivity index (χ0) is 12.7. The van der Waals surface area contributed by atoms with Crippen molar-refractivity contribution in [2.45, 2.75) is 25.4 Å². The van der Waals surface area contributed by atoms with Crippen molar-refractivity contribution >= 4 is 12.6 Å². The minimum absolute atomic E-state index is 0.193. The van der Waals surface area contributed by atoms with Crippen LogP contribution in [0, 0.1) is 0 Å². The molecule has 3 heteroatoms. The van der Waals surface area contributed by atoms with Crippen molar-refractivity contribution in [3.05, 3.63) is 59.7 Å². The third kappa shape index (κ3) is 1.85. The Bertz CT molecular complexity index is 597. The van der Waals surface area contributed by atoms with E-state index < -0.39 is 0 Å². The number of hydrogen-bond donors (Lipinski definition) is 0. The van der Waals surface area contributed by atoms with Crippen LogP contribution in [0.2, 0.25) is 0 Å². The van der Waals surface area contributed by atoms with Crippen LogP contribution in [0.15, 0.2) is 48.5 Å². The molecule has 1 unspecified atom stereocenters. The lowest BCUT2D eigenvalue weighted by atomic mass is 9.75. The zero-order valence-electron chi connectivity index (χ0n) is 10.7. The average molecular weight is 250 g/mol. The summed E-state index contributed by atoms with van der Waals surface area (Å²) in [6, 6.07) is 16.5. The van der Waals surface area contributed by atoms with Crippen LogP contribution < -0.4 is 10.1 Å². The highest BCUT2D eigenvalue weighted by Gasteiger charge is 2.37. The van der Waals surface area contributed by atoms with Gasteiger partial charge in [0.25, 0.3) is 0 Å². The lowest BCUT2D eigenvalue weighted by molar-refractivity contribution is 0.138. The van der Waals surface area contributed by atoms with Gasteiger partial charge in [0.15, 0.2) is 0 Å². The van der Waals surface area contributed by atoms with E-state index in [0.717, 1.165) is 24.1 Å². The quantitative estimate of drug-likeness (QED) is 0.724. The third-order valence-corrected chi connectivity index (χ3v) is 3.98. The summed E-state index contributed by atoms with van der Waals surface area (Å²) in [6.07, 6.45) is 3.63. The Kier molecular flexibility index (Phi) is 2.59. The van der Waals surface area contributed by atoms with Gasteiger partial charge in [0.1, 0.15) is 5.75 Å². The summed E-state index contributed by atoms with van der Waals surface area (Å²) in [7, 11) is -0.271. The molecule has 94 valence electrons. The van der Waals surface area contributed by atoms with Crippen LogP contribution >= 0.6 is 0 Å². The Morgan fingerprint density at radius 1 is 1.00 bits per heavy atom. The smallest absolute Gasteiger partial charge is 0.532 e. The van der Waals surface area contributed by atoms with E-state index >= 15 is 0 Å². The van der Waals surface area contributed by atoms with Gasteiger partial charge in [-0.05, 0) is 36.4 Å². The molecule has 2 aromatic rings. The molecule has 2 nitrogen and oxygen atoms in total. The van der Waals surface area contributed by atoms with Gasteiger partial charge in [0.2, 0.25) is 0 Å². The van der Waals surface area contributed by atoms with Crippen molar-refractivity contribution in [3.63, 3.8) is 0 Å². The van der Waals surface area contributed by atoms with E-state index in [4.69, 9.17) is 9.31 Å². The summed E-state index contributed by atoms with van der Waals surface area (Å²) >= 11 is 0. The third-order valence-electron chi connectivity index (χ3n) is 3.98. The van der Waals surface area contributed by atoms with Gasteiger partial charge in [0.05, 0.1) is 6.10 Å². The summed E-state index contributed by atoms with van der Waals surface area (Å²) < 4.78 is 12.2. The summed E-state index contributed by atoms with van der Waals surface area (Å²) in [6.45, 7) is 0. The molecule has 1 heterocycles. The zero-order valence-corrected chi connectivity index (χ0v) is 10.7. The van der Waals surface area contributed by atoms with E-state index in [1.807, 2.05) is 18.2 Å². The molecule has 0 N–H and O–H groups in total. The molecule has 0 amide bonds. The second-order valence-electron chi connectivity index (χ2n) is 5.21. The van der Waals surface area contributed by atoms with Crippen LogP contribution in [-0.4, -0.2) is 7.12 Å². The van der Waals surface area contributed by atoms with Crippen LogP contribution in [0.5, 0.6) is 5.75 Å². The fourth-order valence-electron chi connectivity index (χ4n) is 3.08. The molecule has 4 rings (SSSR count). The average Bonchev–Trinajstić information content (AvgIpc) is 2.49. The predicted octanol–water partition coefficient (Wildman–Crippen LogP) is 2.87. The molecule has 0 bridgehead atoms. The molecule has 2 aliphatic rings. The largest absolute Gasteiger partial charge is 0.563 e. The molecule has 2 aromatic carbocycles. The normalized spacial score (nSPS) is 20.6. The molecule has 1 aliphatic heterocycles. The molecule has 0 spiro atoms. The molecular formula is C16H15BO2. The van der Waals surface area contributed by atoms with Crippen molar-refractivity contribution in [2.24, 2.45) is 0 Å². The molecule has 1 aliphatic carbocycles. The number of benzene rings is 2. The van der Waals surface area contributed by atoms with Crippen LogP contribution in [-0.2, 0) is 11.1 Å². The second kappa shape index (κ2) is 4.43. The van der Waals surface area contributed by atoms with Crippen molar-refractivity contribution in [1.29, 1.82) is 0 Å². The Hall–Kier alpha value is -1.74. The van der Waals surface area contributed by atoms with Crippen molar-refractivity contribution < 1.29 is 9.31 Å². The minimum Gasteiger partial charge on any atom is -0.532 e. The summed E-state index contributed by atoms with van der Waals surface area (Å²) in [5.41, 5.74) is 3.75. The number of aryl methyl sites for hydroxylation is 1. The van der Waals surface area contributed by atoms with Gasteiger partial charge in [-0.1, -0.05) is 42.5 Å². The van der Waals surface area contributed by atoms with Gasteiger partial charge in [-0.3, -0.25) is 0 Å². The van der Waals surface area contributed by atoms with Gasteiger partial charge in [-0.25, -0.2) is 0 Å². The van der Waals surface area contributed by atoms with Crippen LogP contribution in [0.3, 0.4) is 0 Å². The van der Waals surface area contributed by atoms with E-state index in [1.165, 1.54) is 17.5 Å². The first kappa shape index (κ1) is 11.1. The number of rotatable bonds is 1. The first-order chi connectivity index (χ1) is 9.42. The Labute approximate surface area is 113 Å². The van der Waals surface area contributed by atoms with Crippen molar-refractivity contribution in [2.75, 3.05) is 0 Å². The van der Waals surface area contributed by atoms with E-state index in [9.17, 15) is 0 Å². The van der Waals surface area contributed by atoms with Gasteiger partial charge < -0.3 is 9.31 Å². The van der Waals surface area contributed by atoms with Gasteiger partial charge in [0, 0.05) is 5.56 Å². The Morgan fingerprint density at radius 3 is 2.79 bits per heavy atom. The van der Waals surface area contributed by atoms with Crippen molar-refractivity contribution in [1.82, 2.24) is 0 Å². The van der Waals surface area contributed by atoms with Crippen molar-refractivity contribution in [3.8, 4) is 5.75 Å². The van der Waals surface area contributed by atoms with Gasteiger partial charge in [-0.15, -0.1) is 0 Å². The molecule has 19 heavy (non-hydrogen) atoms. The molecular weight excluding hydrogens is 235 g/mol. The Morgan fingerprint density at radius 2 is 1.89 bits per heavy atom. The van der Waals surface area contributed by atoms with Crippen LogP contribution in [0.4, 0.5) is 0 Å². The fourth-order valence-corrected chi connectivity index (χ4v) is 3.08. The highest BCUT2D eigenvalue weighted by Crippen LogP contribution is 2.41. The fraction of sp³-hybridized carbons (Fsp3) is 0.250. The summed E-state index contributed by atoms with van der Waals surface area (Å²) in [5.74, 6) is 1.00. The highest BCUT2D eigenvalue weighted by atomic mass is 16.6.